The first-order valence-corrected chi connectivity index (χ1v) is 30.2. The molecule has 9 nitrogen and oxygen atoms in total. The van der Waals surface area contributed by atoms with Crippen molar-refractivity contribution in [3.63, 3.8) is 0 Å². The Labute approximate surface area is 442 Å². The lowest BCUT2D eigenvalue weighted by Crippen LogP contribution is -2.60. The van der Waals surface area contributed by atoms with Gasteiger partial charge in [0.15, 0.2) is 6.29 Å². The van der Waals surface area contributed by atoms with Crippen molar-refractivity contribution >= 4 is 5.91 Å². The maximum atomic E-state index is 13.0. The van der Waals surface area contributed by atoms with Gasteiger partial charge in [-0.1, -0.05) is 273 Å². The lowest BCUT2D eigenvalue weighted by atomic mass is 9.99. The molecule has 0 spiro atoms. The SMILES string of the molecule is CC/C=C\C/C=C\C/C=C\C/C=C\C/C=C\CCCC(=O)NC(COC1OC(CO)C(O)C(O)C1O)C(O)/C=C/CCCCCCCCCCCCCCCCCCCCCCCCCCCCCCCC. The molecule has 0 radical (unpaired) electrons. The van der Waals surface area contributed by atoms with E-state index in [1.54, 1.807) is 6.08 Å². The first-order valence-electron chi connectivity index (χ1n) is 30.2. The first-order chi connectivity index (χ1) is 35.3. The molecule has 0 aliphatic carbocycles. The molecule has 1 saturated heterocycles. The Bertz CT molecular complexity index is 1360. The van der Waals surface area contributed by atoms with Gasteiger partial charge in [0, 0.05) is 6.42 Å². The summed E-state index contributed by atoms with van der Waals surface area (Å²) in [6, 6.07) is -0.840. The third-order valence-corrected chi connectivity index (χ3v) is 14.0. The maximum Gasteiger partial charge on any atom is 0.220 e. The van der Waals surface area contributed by atoms with Gasteiger partial charge in [0.2, 0.25) is 5.91 Å². The summed E-state index contributed by atoms with van der Waals surface area (Å²) in [6.45, 7) is 3.65. The molecule has 418 valence electrons. The molecule has 0 aromatic rings. The number of carbonyl (C=O) groups excluding carboxylic acids is 1. The molecular weight excluding hydrogens is 899 g/mol. The highest BCUT2D eigenvalue weighted by Crippen LogP contribution is 2.23. The van der Waals surface area contributed by atoms with E-state index in [2.05, 4.69) is 79.9 Å². The quantitative estimate of drug-likeness (QED) is 0.0261. The number of rotatable bonds is 51. The second-order valence-corrected chi connectivity index (χ2v) is 20.8. The smallest absolute Gasteiger partial charge is 0.220 e. The van der Waals surface area contributed by atoms with Crippen LogP contribution in [0.4, 0.5) is 0 Å². The van der Waals surface area contributed by atoms with Gasteiger partial charge in [0.1, 0.15) is 24.4 Å². The molecule has 0 aromatic heterocycles. The lowest BCUT2D eigenvalue weighted by molar-refractivity contribution is -0.302. The second-order valence-electron chi connectivity index (χ2n) is 20.8. The number of aliphatic hydroxyl groups is 5. The van der Waals surface area contributed by atoms with Gasteiger partial charge in [0.05, 0.1) is 25.4 Å². The highest BCUT2D eigenvalue weighted by molar-refractivity contribution is 5.76. The number of unbranched alkanes of at least 4 members (excludes halogenated alkanes) is 31. The van der Waals surface area contributed by atoms with E-state index in [9.17, 15) is 30.3 Å². The number of ether oxygens (including phenoxy) is 2. The maximum absolute atomic E-state index is 13.0. The van der Waals surface area contributed by atoms with Crippen LogP contribution in [0.5, 0.6) is 0 Å². The molecule has 1 amide bonds. The molecule has 0 bridgehead atoms. The molecule has 1 aliphatic rings. The highest BCUT2D eigenvalue weighted by Gasteiger charge is 2.44. The van der Waals surface area contributed by atoms with Crippen LogP contribution in [0, 0.1) is 0 Å². The van der Waals surface area contributed by atoms with Crippen molar-refractivity contribution in [3.05, 3.63) is 72.9 Å². The minimum atomic E-state index is -1.58. The molecule has 1 fully saturated rings. The summed E-state index contributed by atoms with van der Waals surface area (Å²) in [4.78, 5) is 13.0. The molecule has 7 unspecified atom stereocenters. The zero-order valence-corrected chi connectivity index (χ0v) is 46.4. The van der Waals surface area contributed by atoms with Gasteiger partial charge in [-0.3, -0.25) is 4.79 Å². The predicted molar refractivity (Wildman–Crippen MR) is 304 cm³/mol. The molecule has 7 atom stereocenters. The Balaban J connectivity index is 2.18. The molecule has 1 aliphatic heterocycles. The fourth-order valence-corrected chi connectivity index (χ4v) is 9.31. The van der Waals surface area contributed by atoms with E-state index in [4.69, 9.17) is 9.47 Å². The van der Waals surface area contributed by atoms with Crippen LogP contribution in [0.3, 0.4) is 0 Å². The summed E-state index contributed by atoms with van der Waals surface area (Å²) < 4.78 is 11.2. The molecular formula is C63H113NO8. The number of nitrogens with one attached hydrogen (secondary N) is 1. The molecule has 6 N–H and O–H groups in total. The van der Waals surface area contributed by atoms with Gasteiger partial charge in [-0.2, -0.15) is 0 Å². The van der Waals surface area contributed by atoms with Crippen molar-refractivity contribution in [1.29, 1.82) is 0 Å². The van der Waals surface area contributed by atoms with Crippen molar-refractivity contribution < 1.29 is 39.8 Å². The van der Waals surface area contributed by atoms with Gasteiger partial charge in [-0.05, 0) is 57.8 Å². The van der Waals surface area contributed by atoms with Crippen LogP contribution in [0.15, 0.2) is 72.9 Å². The highest BCUT2D eigenvalue weighted by atomic mass is 16.7. The Morgan fingerprint density at radius 2 is 0.861 bits per heavy atom. The topological polar surface area (TPSA) is 149 Å². The van der Waals surface area contributed by atoms with Crippen LogP contribution < -0.4 is 5.32 Å². The van der Waals surface area contributed by atoms with E-state index < -0.39 is 49.5 Å². The zero-order chi connectivity index (χ0) is 52.2. The summed E-state index contributed by atoms with van der Waals surface area (Å²) in [6.07, 6.45) is 65.7. The Morgan fingerprint density at radius 1 is 0.486 bits per heavy atom. The van der Waals surface area contributed by atoms with Crippen LogP contribution in [0.25, 0.3) is 0 Å². The molecule has 1 rings (SSSR count). The lowest BCUT2D eigenvalue weighted by Gasteiger charge is -2.40. The van der Waals surface area contributed by atoms with Crippen molar-refractivity contribution in [2.75, 3.05) is 13.2 Å². The van der Waals surface area contributed by atoms with Gasteiger partial charge in [-0.15, -0.1) is 0 Å². The average Bonchev–Trinajstić information content (AvgIpc) is 3.38. The Morgan fingerprint density at radius 3 is 1.26 bits per heavy atom. The standard InChI is InChI=1S/C63H113NO8/c1-3-5-7-9-11-13-15-17-19-21-22-23-24-25-26-27-28-29-30-31-32-33-34-35-37-38-40-42-44-46-48-50-52-57(66)56(55-71-63-62(70)61(69)60(68)58(54-65)72-63)64-59(67)53-51-49-47-45-43-41-39-36-20-18-16-14-12-10-8-6-4-2/h6,8,12,14,18,20,39,41,45,47,50,52,56-58,60-63,65-66,68-70H,3-5,7,9-11,13,15-17,19,21-38,40,42-44,46,48-49,51,53-55H2,1-2H3,(H,64,67)/b8-6-,14-12-,20-18-,41-39-,47-45-,52-50+. The Kier molecular flexibility index (Phi) is 48.9. The van der Waals surface area contributed by atoms with Crippen LogP contribution in [-0.4, -0.2) is 87.5 Å². The monoisotopic (exact) mass is 1010 g/mol. The summed E-state index contributed by atoms with van der Waals surface area (Å²) in [7, 11) is 0. The number of amides is 1. The van der Waals surface area contributed by atoms with Crippen LogP contribution in [-0.2, 0) is 14.3 Å². The van der Waals surface area contributed by atoms with Crippen LogP contribution in [0.2, 0.25) is 0 Å². The van der Waals surface area contributed by atoms with Gasteiger partial charge in [0.25, 0.3) is 0 Å². The summed E-state index contributed by atoms with van der Waals surface area (Å²) >= 11 is 0. The number of hydrogen-bond acceptors (Lipinski definition) is 8. The molecule has 1 heterocycles. The number of aliphatic hydroxyl groups excluding tert-OH is 5. The predicted octanol–water partition coefficient (Wildman–Crippen LogP) is 15.2. The minimum absolute atomic E-state index is 0.214. The van der Waals surface area contributed by atoms with Gasteiger partial charge >= 0.3 is 0 Å². The van der Waals surface area contributed by atoms with E-state index in [1.165, 1.54) is 180 Å². The zero-order valence-electron chi connectivity index (χ0n) is 46.4. The normalized spacial score (nSPS) is 19.7. The summed E-state index contributed by atoms with van der Waals surface area (Å²) in [5, 5.41) is 54.5. The molecule has 72 heavy (non-hydrogen) atoms. The molecule has 9 heteroatoms. The third kappa shape index (κ3) is 40.9. The number of carbonyl (C=O) groups is 1. The van der Waals surface area contributed by atoms with Crippen LogP contribution >= 0.6 is 0 Å². The van der Waals surface area contributed by atoms with Gasteiger partial charge < -0.3 is 40.3 Å². The van der Waals surface area contributed by atoms with E-state index in [-0.39, 0.29) is 18.9 Å². The van der Waals surface area contributed by atoms with E-state index in [1.807, 2.05) is 6.08 Å². The summed E-state index contributed by atoms with van der Waals surface area (Å²) in [5.74, 6) is -0.233. The number of allylic oxidation sites excluding steroid dienone is 11. The summed E-state index contributed by atoms with van der Waals surface area (Å²) in [5.41, 5.74) is 0. The first kappa shape index (κ1) is 67.6. The molecule has 0 aromatic carbocycles. The molecule has 0 saturated carbocycles. The van der Waals surface area contributed by atoms with Crippen molar-refractivity contribution in [2.45, 2.75) is 307 Å². The van der Waals surface area contributed by atoms with Gasteiger partial charge in [-0.25, -0.2) is 0 Å². The third-order valence-electron chi connectivity index (χ3n) is 14.0. The largest absolute Gasteiger partial charge is 0.394 e. The fourth-order valence-electron chi connectivity index (χ4n) is 9.31. The second kappa shape index (κ2) is 52.1. The number of hydrogen-bond donors (Lipinski definition) is 6. The fraction of sp³-hybridized carbons (Fsp3) is 0.794. The van der Waals surface area contributed by atoms with Crippen molar-refractivity contribution in [2.24, 2.45) is 0 Å². The van der Waals surface area contributed by atoms with E-state index >= 15 is 0 Å². The minimum Gasteiger partial charge on any atom is -0.394 e. The Hall–Kier alpha value is -2.37. The van der Waals surface area contributed by atoms with E-state index in [0.717, 1.165) is 57.8 Å². The average molecular weight is 1010 g/mol. The van der Waals surface area contributed by atoms with Crippen LogP contribution in [0.1, 0.15) is 264 Å². The van der Waals surface area contributed by atoms with Crippen molar-refractivity contribution in [3.8, 4) is 0 Å². The van der Waals surface area contributed by atoms with Crippen molar-refractivity contribution in [1.82, 2.24) is 5.32 Å². The van der Waals surface area contributed by atoms with E-state index in [0.29, 0.717) is 6.42 Å².